The van der Waals surface area contributed by atoms with Gasteiger partial charge in [-0.15, -0.1) is 22.7 Å². The average molecular weight is 331 g/mol. The molecule has 3 heterocycles. The van der Waals surface area contributed by atoms with Gasteiger partial charge in [0.1, 0.15) is 10.7 Å². The molecule has 0 aromatic carbocycles. The quantitative estimate of drug-likeness (QED) is 0.761. The first kappa shape index (κ1) is 15.1. The lowest BCUT2D eigenvalue weighted by Gasteiger charge is -2.13. The van der Waals surface area contributed by atoms with Gasteiger partial charge in [0.2, 0.25) is 0 Å². The molecule has 114 valence electrons. The molecular weight excluding hydrogens is 314 g/mol. The first-order chi connectivity index (χ1) is 10.3. The lowest BCUT2D eigenvalue weighted by molar-refractivity contribution is 0.585. The molecule has 0 aliphatic heterocycles. The molecule has 4 nitrogen and oxygen atoms in total. The molecule has 3 aromatic heterocycles. The molecular formula is C16H17N3OS2. The highest BCUT2D eigenvalue weighted by Crippen LogP contribution is 2.28. The van der Waals surface area contributed by atoms with E-state index >= 15 is 0 Å². The van der Waals surface area contributed by atoms with Crippen LogP contribution in [0.3, 0.4) is 0 Å². The maximum absolute atomic E-state index is 12.0. The van der Waals surface area contributed by atoms with Crippen molar-refractivity contribution in [3.8, 4) is 0 Å². The second kappa shape index (κ2) is 5.44. The van der Waals surface area contributed by atoms with Crippen LogP contribution in [0.25, 0.3) is 21.9 Å². The zero-order valence-corrected chi connectivity index (χ0v) is 14.6. The third kappa shape index (κ3) is 2.89. The van der Waals surface area contributed by atoms with Gasteiger partial charge in [-0.1, -0.05) is 20.8 Å². The van der Waals surface area contributed by atoms with Crippen LogP contribution in [0.15, 0.2) is 22.4 Å². The van der Waals surface area contributed by atoms with Gasteiger partial charge in [0.05, 0.1) is 10.4 Å². The predicted molar refractivity (Wildman–Crippen MR) is 94.6 cm³/mol. The van der Waals surface area contributed by atoms with Crippen LogP contribution in [0.1, 0.15) is 43.4 Å². The number of nitrogens with zero attached hydrogens (tertiary/aromatic N) is 2. The fourth-order valence-electron chi connectivity index (χ4n) is 2.03. The number of hydrogen-bond donors (Lipinski definition) is 1. The van der Waals surface area contributed by atoms with Gasteiger partial charge in [0.25, 0.3) is 5.56 Å². The van der Waals surface area contributed by atoms with Crippen LogP contribution in [-0.2, 0) is 5.41 Å². The summed E-state index contributed by atoms with van der Waals surface area (Å²) in [6.07, 6.45) is 3.89. The number of thiazole rings is 1. The summed E-state index contributed by atoms with van der Waals surface area (Å²) in [6, 6.07) is 1.80. The molecule has 3 rings (SSSR count). The van der Waals surface area contributed by atoms with Crippen molar-refractivity contribution in [2.75, 3.05) is 0 Å². The number of nitrogens with one attached hydrogen (secondary N) is 1. The van der Waals surface area contributed by atoms with E-state index in [9.17, 15) is 4.79 Å². The highest BCUT2D eigenvalue weighted by molar-refractivity contribution is 7.16. The molecule has 3 aromatic rings. The van der Waals surface area contributed by atoms with Crippen LogP contribution in [0, 0.1) is 0 Å². The van der Waals surface area contributed by atoms with Gasteiger partial charge >= 0.3 is 0 Å². The van der Waals surface area contributed by atoms with Crippen LogP contribution in [0.5, 0.6) is 0 Å². The van der Waals surface area contributed by atoms with E-state index in [1.54, 1.807) is 17.4 Å². The fourth-order valence-corrected chi connectivity index (χ4v) is 3.77. The predicted octanol–water partition coefficient (Wildman–Crippen LogP) is 4.30. The van der Waals surface area contributed by atoms with Gasteiger partial charge < -0.3 is 4.98 Å². The Hall–Kier alpha value is -1.79. The first-order valence-corrected chi connectivity index (χ1v) is 8.67. The highest BCUT2D eigenvalue weighted by atomic mass is 32.1. The fraction of sp³-hybridized carbons (Fsp3) is 0.312. The monoisotopic (exact) mass is 331 g/mol. The van der Waals surface area contributed by atoms with Crippen molar-refractivity contribution in [2.24, 2.45) is 0 Å². The topological polar surface area (TPSA) is 58.6 Å². The van der Waals surface area contributed by atoms with E-state index in [0.29, 0.717) is 11.2 Å². The van der Waals surface area contributed by atoms with Gasteiger partial charge in [-0.3, -0.25) is 4.79 Å². The molecule has 0 amide bonds. The summed E-state index contributed by atoms with van der Waals surface area (Å²) in [7, 11) is 0. The number of hydrogen-bond acceptors (Lipinski definition) is 5. The van der Waals surface area contributed by atoms with Crippen molar-refractivity contribution in [3.63, 3.8) is 0 Å². The van der Waals surface area contributed by atoms with Gasteiger partial charge in [-0.05, 0) is 30.0 Å². The van der Waals surface area contributed by atoms with Crippen LogP contribution in [0.2, 0.25) is 0 Å². The van der Waals surface area contributed by atoms with Crippen LogP contribution < -0.4 is 5.56 Å². The van der Waals surface area contributed by atoms with Crippen LogP contribution >= 0.6 is 22.7 Å². The summed E-state index contributed by atoms with van der Waals surface area (Å²) in [5, 5.41) is 3.63. The van der Waals surface area contributed by atoms with Gasteiger partial charge in [0.15, 0.2) is 0 Å². The lowest BCUT2D eigenvalue weighted by atomic mass is 9.98. The zero-order chi connectivity index (χ0) is 15.9. The number of aromatic amines is 1. The van der Waals surface area contributed by atoms with Crippen molar-refractivity contribution in [1.82, 2.24) is 15.0 Å². The zero-order valence-electron chi connectivity index (χ0n) is 12.9. The normalized spacial score (nSPS) is 13.0. The molecule has 6 heteroatoms. The Morgan fingerprint density at radius 1 is 1.36 bits per heavy atom. The molecule has 0 saturated carbocycles. The molecule has 0 fully saturated rings. The molecule has 0 saturated heterocycles. The Morgan fingerprint density at radius 3 is 2.82 bits per heavy atom. The second-order valence-electron chi connectivity index (χ2n) is 6.20. The van der Waals surface area contributed by atoms with Gasteiger partial charge in [-0.25, -0.2) is 9.97 Å². The SMILES string of the molecule is CC(=Cc1cnc(C(C)(C)C)s1)c1nc2sccc2c(=O)[nH]1. The minimum atomic E-state index is -0.0892. The van der Waals surface area contributed by atoms with Gasteiger partial charge in [-0.2, -0.15) is 0 Å². The van der Waals surface area contributed by atoms with E-state index in [4.69, 9.17) is 0 Å². The summed E-state index contributed by atoms with van der Waals surface area (Å²) >= 11 is 3.15. The van der Waals surface area contributed by atoms with E-state index < -0.39 is 0 Å². The molecule has 0 aliphatic rings. The van der Waals surface area contributed by atoms with Crippen LogP contribution in [0.4, 0.5) is 0 Å². The molecule has 22 heavy (non-hydrogen) atoms. The Bertz CT molecular complexity index is 909. The number of thiophene rings is 1. The molecule has 0 aliphatic carbocycles. The van der Waals surface area contributed by atoms with Crippen molar-refractivity contribution in [1.29, 1.82) is 0 Å². The third-order valence-electron chi connectivity index (χ3n) is 3.23. The van der Waals surface area contributed by atoms with E-state index in [1.807, 2.05) is 24.6 Å². The minimum Gasteiger partial charge on any atom is -0.306 e. The maximum atomic E-state index is 12.0. The lowest BCUT2D eigenvalue weighted by Crippen LogP contribution is -2.09. The molecule has 0 spiro atoms. The molecule has 0 atom stereocenters. The summed E-state index contributed by atoms with van der Waals surface area (Å²) in [5.41, 5.74) is 0.887. The summed E-state index contributed by atoms with van der Waals surface area (Å²) < 4.78 is 0. The maximum Gasteiger partial charge on any atom is 0.259 e. The Kier molecular flexibility index (Phi) is 3.74. The highest BCUT2D eigenvalue weighted by Gasteiger charge is 2.17. The minimum absolute atomic E-state index is 0.0487. The van der Waals surface area contributed by atoms with E-state index in [2.05, 4.69) is 35.7 Å². The van der Waals surface area contributed by atoms with E-state index in [0.717, 1.165) is 20.3 Å². The van der Waals surface area contributed by atoms with Crippen molar-refractivity contribution in [3.05, 3.63) is 43.7 Å². The average Bonchev–Trinajstić information content (AvgIpc) is 3.06. The number of rotatable bonds is 2. The van der Waals surface area contributed by atoms with Crippen molar-refractivity contribution < 1.29 is 0 Å². The Balaban J connectivity index is 1.99. The molecule has 0 unspecified atom stereocenters. The van der Waals surface area contributed by atoms with Crippen LogP contribution in [-0.4, -0.2) is 15.0 Å². The van der Waals surface area contributed by atoms with Crippen molar-refractivity contribution in [2.45, 2.75) is 33.1 Å². The third-order valence-corrected chi connectivity index (χ3v) is 5.41. The number of fused-ring (bicyclic) bond motifs is 1. The smallest absolute Gasteiger partial charge is 0.259 e. The number of aromatic nitrogens is 3. The molecule has 0 bridgehead atoms. The summed E-state index contributed by atoms with van der Waals surface area (Å²) in [4.78, 5) is 25.7. The number of H-pyrrole nitrogens is 1. The Labute approximate surface area is 136 Å². The standard InChI is InChI=1S/C16H17N3OS2/c1-9(7-10-8-17-15(22-10)16(2,3)4)12-18-13(20)11-5-6-21-14(11)19-12/h5-8H,1-4H3,(H,18,19,20). The first-order valence-electron chi connectivity index (χ1n) is 6.97. The molecule has 0 radical (unpaired) electrons. The van der Waals surface area contributed by atoms with Gasteiger partial charge in [0, 0.05) is 16.5 Å². The largest absolute Gasteiger partial charge is 0.306 e. The summed E-state index contributed by atoms with van der Waals surface area (Å²) in [5.74, 6) is 0.616. The number of allylic oxidation sites excluding steroid dienone is 1. The Morgan fingerprint density at radius 2 is 2.14 bits per heavy atom. The second-order valence-corrected chi connectivity index (χ2v) is 8.16. The van der Waals surface area contributed by atoms with E-state index in [-0.39, 0.29) is 11.0 Å². The summed E-state index contributed by atoms with van der Waals surface area (Å²) in [6.45, 7) is 8.40. The van der Waals surface area contributed by atoms with Crippen molar-refractivity contribution >= 4 is 44.5 Å². The van der Waals surface area contributed by atoms with E-state index in [1.165, 1.54) is 11.3 Å². The molecule has 1 N–H and O–H groups in total.